The molecule has 0 spiro atoms. The molecule has 1 N–H and O–H groups in total. The average Bonchev–Trinajstić information content (AvgIpc) is 3.02. The number of ether oxygens (including phenoxy) is 3. The van der Waals surface area contributed by atoms with E-state index < -0.39 is 21.8 Å². The van der Waals surface area contributed by atoms with Crippen molar-refractivity contribution in [2.75, 3.05) is 26.2 Å². The number of esters is 2. The molecule has 0 amide bonds. The van der Waals surface area contributed by atoms with Gasteiger partial charge in [-0.15, -0.1) is 0 Å². The molecule has 20 heteroatoms. The fourth-order valence-corrected chi connectivity index (χ4v) is 2.25. The van der Waals surface area contributed by atoms with Crippen LogP contribution in [0.4, 0.5) is 11.4 Å². The van der Waals surface area contributed by atoms with Gasteiger partial charge in [0.1, 0.15) is 17.6 Å². The number of hydrogen-bond donors (Lipinski definition) is 1. The van der Waals surface area contributed by atoms with E-state index in [-0.39, 0.29) is 140 Å². The fraction of sp³-hybridized carbons (Fsp3) is 0.160. The number of nitriles is 2. The number of carbonyl (C=O) groups is 3. The third-order valence-corrected chi connectivity index (χ3v) is 4.28. The van der Waals surface area contributed by atoms with E-state index in [9.17, 15) is 34.9 Å². The Morgan fingerprint density at radius 2 is 1.36 bits per heavy atom. The maximum atomic E-state index is 11.0. The van der Waals surface area contributed by atoms with Gasteiger partial charge in [0.25, 0.3) is 17.8 Å². The van der Waals surface area contributed by atoms with E-state index in [1.165, 1.54) is 56.7 Å². The van der Waals surface area contributed by atoms with Gasteiger partial charge in [0, 0.05) is 35.4 Å². The molecule has 0 unspecified atom stereocenters. The Morgan fingerprint density at radius 3 is 1.71 bits per heavy atom. The quantitative estimate of drug-likeness (QED) is 0.0384. The van der Waals surface area contributed by atoms with E-state index in [1.807, 2.05) is 6.07 Å². The molecular formula is C25H23BrK2N4O13. The number of nitro benzene ring substituents is 2. The van der Waals surface area contributed by atoms with Gasteiger partial charge in [-0.3, -0.25) is 25.0 Å². The van der Waals surface area contributed by atoms with Crippen LogP contribution in [-0.4, -0.2) is 59.5 Å². The first-order valence-corrected chi connectivity index (χ1v) is 12.0. The number of nitrogens with zero attached hydrogens (tertiary/aromatic N) is 4. The molecule has 0 atom stereocenters. The van der Waals surface area contributed by atoms with E-state index in [0.29, 0.717) is 16.5 Å². The Kier molecular flexibility index (Phi) is 34.4. The van der Waals surface area contributed by atoms with Crippen molar-refractivity contribution in [1.82, 2.24) is 0 Å². The van der Waals surface area contributed by atoms with Crippen molar-refractivity contribution in [3.8, 4) is 23.6 Å². The van der Waals surface area contributed by atoms with E-state index in [4.69, 9.17) is 25.3 Å². The monoisotopic (exact) mass is 744 g/mol. The van der Waals surface area contributed by atoms with Crippen LogP contribution < -0.4 is 113 Å². The summed E-state index contributed by atoms with van der Waals surface area (Å²) in [6.45, 7) is -0.430. The van der Waals surface area contributed by atoms with Crippen LogP contribution in [0.2, 0.25) is 0 Å². The number of phenols is 1. The van der Waals surface area contributed by atoms with Crippen LogP contribution in [0.25, 0.3) is 12.2 Å². The zero-order chi connectivity index (χ0) is 33.2. The third kappa shape index (κ3) is 24.3. The number of non-ortho nitro benzene ring substituents is 2. The zero-order valence-corrected chi connectivity index (χ0v) is 32.1. The molecule has 2 rings (SSSR count). The number of halogens is 1. The van der Waals surface area contributed by atoms with E-state index >= 15 is 0 Å². The van der Waals surface area contributed by atoms with Crippen molar-refractivity contribution < 1.29 is 158 Å². The molecule has 0 fully saturated rings. The van der Waals surface area contributed by atoms with E-state index in [1.54, 1.807) is 6.07 Å². The molecule has 17 nitrogen and oxygen atoms in total. The van der Waals surface area contributed by atoms with Crippen LogP contribution in [0.3, 0.4) is 0 Å². The minimum absolute atomic E-state index is 0. The Bertz CT molecular complexity index is 1400. The summed E-state index contributed by atoms with van der Waals surface area (Å²) in [5, 5.41) is 55.3. The summed E-state index contributed by atoms with van der Waals surface area (Å²) in [5.41, 5.74) is 0.359. The topological polar surface area (TPSA) is 265 Å². The molecule has 45 heavy (non-hydrogen) atoms. The molecule has 0 aromatic heterocycles. The molecule has 2 aromatic rings. The number of alkyl halides is 1. The van der Waals surface area contributed by atoms with Gasteiger partial charge in [-0.25, -0.2) is 9.59 Å². The second kappa shape index (κ2) is 31.4. The standard InChI is InChI=1S/C12H10N2O5.C10H9NO5.C2H2BrN.CH2O3.2K.H/c1-18-12(15)5-3-9-2-4-10(14(16)17)8-11(9)19-7-6-13;1-16-10(13)5-3-7-2-4-8(11(14)15)6-9(7)12;3-1-2-4;2-1-4-3;;;/h2-5,8H,7H2,1H3;2-6,12H,1H3;1H2;1,3H;;;/q;;;;2*+1;-1/p-1/b2*5-3+;;;;;. The predicted molar refractivity (Wildman–Crippen MR) is 149 cm³/mol. The van der Waals surface area contributed by atoms with Gasteiger partial charge in [0.15, 0.2) is 6.61 Å². The molecule has 0 aliphatic carbocycles. The minimum atomic E-state index is -0.618. The Hall–Kier alpha value is -2.58. The summed E-state index contributed by atoms with van der Waals surface area (Å²) in [5.74, 6) is -1.26. The predicted octanol–water partition coefficient (Wildman–Crippen LogP) is -3.37. The summed E-state index contributed by atoms with van der Waals surface area (Å²) >= 11 is 2.89. The second-order valence-corrected chi connectivity index (χ2v) is 7.18. The summed E-state index contributed by atoms with van der Waals surface area (Å²) in [4.78, 5) is 52.8. The van der Waals surface area contributed by atoms with Crippen molar-refractivity contribution in [3.05, 3.63) is 79.9 Å². The molecule has 0 aliphatic heterocycles. The summed E-state index contributed by atoms with van der Waals surface area (Å²) in [7, 11) is 2.46. The number of methoxy groups -OCH3 is 2. The molecule has 0 aliphatic rings. The van der Waals surface area contributed by atoms with Gasteiger partial charge in [0.2, 0.25) is 0 Å². The van der Waals surface area contributed by atoms with Gasteiger partial charge in [-0.05, 0) is 24.3 Å². The first-order chi connectivity index (χ1) is 20.4. The summed E-state index contributed by atoms with van der Waals surface area (Å²) in [6, 6.07) is 11.1. The number of hydrogen-bond acceptors (Lipinski definition) is 15. The first-order valence-electron chi connectivity index (χ1n) is 10.9. The van der Waals surface area contributed by atoms with Crippen LogP contribution >= 0.6 is 15.9 Å². The van der Waals surface area contributed by atoms with Gasteiger partial charge >= 0.3 is 115 Å². The molecule has 230 valence electrons. The molecule has 0 bridgehead atoms. The number of phenolic OH excluding ortho intramolecular Hbond substituents is 1. The SMILES string of the molecule is COC(=O)/C=C/c1ccc([N+](=O)[O-])cc1O.COC(=O)/C=C/c1ccc([N+](=O)[O-])cc1OCC#N.N#CCBr.O=CO[O-].[H-].[K+].[K+]. The maximum Gasteiger partial charge on any atom is 1.00 e. The van der Waals surface area contributed by atoms with Crippen LogP contribution in [-0.2, 0) is 28.7 Å². The molecule has 2 aromatic carbocycles. The van der Waals surface area contributed by atoms with Gasteiger partial charge in [0.05, 0.1) is 47.6 Å². The van der Waals surface area contributed by atoms with Crippen LogP contribution in [0, 0.1) is 42.9 Å². The van der Waals surface area contributed by atoms with E-state index in [0.717, 1.165) is 18.2 Å². The first kappa shape index (κ1) is 49.3. The maximum absolute atomic E-state index is 11.0. The third-order valence-electron chi connectivity index (χ3n) is 4.02. The van der Waals surface area contributed by atoms with Crippen molar-refractivity contribution in [3.63, 3.8) is 0 Å². The smallest absolute Gasteiger partial charge is 1.00 e. The number of benzene rings is 2. The fourth-order valence-electron chi connectivity index (χ4n) is 2.25. The summed E-state index contributed by atoms with van der Waals surface area (Å²) < 4.78 is 13.9. The Morgan fingerprint density at radius 1 is 0.933 bits per heavy atom. The largest absolute Gasteiger partial charge is 1.00 e. The van der Waals surface area contributed by atoms with Crippen molar-refractivity contribution in [2.24, 2.45) is 0 Å². The molecule has 0 saturated carbocycles. The average molecular weight is 746 g/mol. The van der Waals surface area contributed by atoms with Crippen molar-refractivity contribution >= 4 is 57.9 Å². The minimum Gasteiger partial charge on any atom is -1.00 e. The van der Waals surface area contributed by atoms with Crippen molar-refractivity contribution in [1.29, 1.82) is 10.5 Å². The number of aromatic hydroxyl groups is 1. The Balaban J connectivity index is -0.000000189. The van der Waals surface area contributed by atoms with Gasteiger partial charge in [-0.1, -0.05) is 15.9 Å². The molecule has 0 radical (unpaired) electrons. The second-order valence-electron chi connectivity index (χ2n) is 6.62. The normalized spacial score (nSPS) is 8.76. The zero-order valence-electron chi connectivity index (χ0n) is 25.3. The number of rotatable bonds is 9. The van der Waals surface area contributed by atoms with Crippen LogP contribution in [0.5, 0.6) is 11.5 Å². The van der Waals surface area contributed by atoms with Crippen LogP contribution in [0.1, 0.15) is 12.6 Å². The van der Waals surface area contributed by atoms with Crippen molar-refractivity contribution in [2.45, 2.75) is 0 Å². The van der Waals surface area contributed by atoms with Gasteiger partial charge in [-0.2, -0.15) is 10.5 Å². The molecule has 0 saturated heterocycles. The number of nitro groups is 2. The summed E-state index contributed by atoms with van der Waals surface area (Å²) in [6.07, 6.45) is 4.97. The van der Waals surface area contributed by atoms with E-state index in [2.05, 4.69) is 30.3 Å². The van der Waals surface area contributed by atoms with Crippen LogP contribution in [0.15, 0.2) is 48.6 Å². The molecular weight excluding hydrogens is 722 g/mol. The van der Waals surface area contributed by atoms with Gasteiger partial charge < -0.3 is 30.9 Å². The number of carbonyl (C=O) groups excluding carboxylic acids is 3. The molecule has 0 heterocycles. The Labute approximate surface area is 351 Å².